The number of nitrogens with zero attached hydrogens (tertiary/aromatic N) is 1. The molecule has 0 aliphatic carbocycles. The van der Waals surface area contributed by atoms with E-state index in [4.69, 9.17) is 0 Å². The van der Waals surface area contributed by atoms with E-state index in [9.17, 15) is 0 Å². The molecule has 0 aromatic carbocycles. The molecule has 0 amide bonds. The van der Waals surface area contributed by atoms with Crippen molar-refractivity contribution in [3.05, 3.63) is 0 Å². The summed E-state index contributed by atoms with van der Waals surface area (Å²) in [5, 5.41) is 3.57. The molecule has 2 aliphatic rings. The Kier molecular flexibility index (Phi) is 1.24. The molecule has 0 spiro atoms. The Labute approximate surface area is 56.2 Å². The topological polar surface area (TPSA) is 15.3 Å². The SMILES string of the molecule is CN1CCC2CCC1N2. The molecular formula is C7H14N2. The van der Waals surface area contributed by atoms with Gasteiger partial charge in [-0.3, -0.25) is 10.2 Å². The fraction of sp³-hybridized carbons (Fsp3) is 1.00. The maximum Gasteiger partial charge on any atom is 0.0597 e. The average molecular weight is 126 g/mol. The lowest BCUT2D eigenvalue weighted by Crippen LogP contribution is -2.48. The molecule has 2 saturated heterocycles. The molecule has 2 fully saturated rings. The minimum Gasteiger partial charge on any atom is -0.299 e. The van der Waals surface area contributed by atoms with Crippen molar-refractivity contribution in [3.8, 4) is 0 Å². The summed E-state index contributed by atoms with van der Waals surface area (Å²) in [6.07, 6.45) is 4.83. The lowest BCUT2D eigenvalue weighted by atomic mass is 10.2. The molecule has 52 valence electrons. The van der Waals surface area contributed by atoms with Gasteiger partial charge in [-0.2, -0.15) is 0 Å². The fourth-order valence-electron chi connectivity index (χ4n) is 1.89. The van der Waals surface area contributed by atoms with E-state index >= 15 is 0 Å². The number of fused-ring (bicyclic) bond motifs is 2. The first-order valence-corrected chi connectivity index (χ1v) is 3.82. The van der Waals surface area contributed by atoms with Gasteiger partial charge in [0, 0.05) is 12.6 Å². The summed E-state index contributed by atoms with van der Waals surface area (Å²) in [5.74, 6) is 0. The number of hydrogen-bond acceptors (Lipinski definition) is 2. The summed E-state index contributed by atoms with van der Waals surface area (Å²) in [5.41, 5.74) is 0. The quantitative estimate of drug-likeness (QED) is 0.505. The van der Waals surface area contributed by atoms with E-state index in [1.54, 1.807) is 0 Å². The molecule has 2 heterocycles. The highest BCUT2D eigenvalue weighted by atomic mass is 15.3. The summed E-state index contributed by atoms with van der Waals surface area (Å²) in [7, 11) is 2.21. The number of likely N-dealkylation sites (tertiary alicyclic amines) is 1. The van der Waals surface area contributed by atoms with Crippen LogP contribution in [0.2, 0.25) is 0 Å². The largest absolute Gasteiger partial charge is 0.299 e. The minimum atomic E-state index is 0.712. The molecule has 2 atom stereocenters. The molecule has 2 rings (SSSR count). The zero-order valence-electron chi connectivity index (χ0n) is 5.93. The van der Waals surface area contributed by atoms with Crippen molar-refractivity contribution >= 4 is 0 Å². The van der Waals surface area contributed by atoms with Crippen LogP contribution in [0.1, 0.15) is 19.3 Å². The van der Waals surface area contributed by atoms with Crippen LogP contribution in [0.5, 0.6) is 0 Å². The molecule has 2 heteroatoms. The van der Waals surface area contributed by atoms with Gasteiger partial charge in [0.25, 0.3) is 0 Å². The van der Waals surface area contributed by atoms with Gasteiger partial charge in [-0.15, -0.1) is 0 Å². The van der Waals surface area contributed by atoms with Crippen LogP contribution in [-0.2, 0) is 0 Å². The van der Waals surface area contributed by atoms with Crippen LogP contribution in [0.15, 0.2) is 0 Å². The molecule has 9 heavy (non-hydrogen) atoms. The van der Waals surface area contributed by atoms with Crippen LogP contribution < -0.4 is 5.32 Å². The van der Waals surface area contributed by atoms with Gasteiger partial charge in [0.15, 0.2) is 0 Å². The normalized spacial score (nSPS) is 43.7. The average Bonchev–Trinajstić information content (AvgIpc) is 2.25. The highest BCUT2D eigenvalue weighted by molar-refractivity contribution is 4.87. The number of hydrogen-bond donors (Lipinski definition) is 1. The second-order valence-corrected chi connectivity index (χ2v) is 3.23. The summed E-state index contributed by atoms with van der Waals surface area (Å²) >= 11 is 0. The van der Waals surface area contributed by atoms with Crippen molar-refractivity contribution < 1.29 is 0 Å². The van der Waals surface area contributed by atoms with Gasteiger partial charge in [0.05, 0.1) is 6.17 Å². The first kappa shape index (κ1) is 5.69. The molecule has 2 bridgehead atoms. The van der Waals surface area contributed by atoms with Crippen molar-refractivity contribution in [2.45, 2.75) is 31.5 Å². The molecule has 0 saturated carbocycles. The van der Waals surface area contributed by atoms with E-state index in [1.807, 2.05) is 0 Å². The first-order valence-electron chi connectivity index (χ1n) is 3.82. The Hall–Kier alpha value is -0.0800. The molecule has 1 N–H and O–H groups in total. The summed E-state index contributed by atoms with van der Waals surface area (Å²) in [6, 6.07) is 0.853. The lowest BCUT2D eigenvalue weighted by Gasteiger charge is -2.30. The van der Waals surface area contributed by atoms with Crippen LogP contribution in [0.4, 0.5) is 0 Å². The van der Waals surface area contributed by atoms with Crippen LogP contribution in [0, 0.1) is 0 Å². The van der Waals surface area contributed by atoms with Gasteiger partial charge < -0.3 is 0 Å². The predicted molar refractivity (Wildman–Crippen MR) is 37.2 cm³/mol. The van der Waals surface area contributed by atoms with Crippen molar-refractivity contribution in [1.29, 1.82) is 0 Å². The van der Waals surface area contributed by atoms with Crippen molar-refractivity contribution in [3.63, 3.8) is 0 Å². The number of rotatable bonds is 0. The van der Waals surface area contributed by atoms with E-state index in [2.05, 4.69) is 17.3 Å². The Balaban J connectivity index is 2.05. The smallest absolute Gasteiger partial charge is 0.0597 e. The third-order valence-electron chi connectivity index (χ3n) is 2.58. The van der Waals surface area contributed by atoms with Gasteiger partial charge in [0.2, 0.25) is 0 Å². The number of nitrogens with one attached hydrogen (secondary N) is 1. The zero-order chi connectivity index (χ0) is 6.27. The van der Waals surface area contributed by atoms with E-state index in [0.29, 0.717) is 6.17 Å². The van der Waals surface area contributed by atoms with Crippen LogP contribution in [-0.4, -0.2) is 30.7 Å². The van der Waals surface area contributed by atoms with E-state index < -0.39 is 0 Å². The van der Waals surface area contributed by atoms with Gasteiger partial charge >= 0.3 is 0 Å². The maximum atomic E-state index is 3.57. The highest BCUT2D eigenvalue weighted by Crippen LogP contribution is 2.22. The molecule has 2 unspecified atom stereocenters. The van der Waals surface area contributed by atoms with Gasteiger partial charge in [-0.1, -0.05) is 0 Å². The Morgan fingerprint density at radius 1 is 1.33 bits per heavy atom. The Bertz CT molecular complexity index is 113. The summed E-state index contributed by atoms with van der Waals surface area (Å²) in [4.78, 5) is 2.42. The Morgan fingerprint density at radius 3 is 3.00 bits per heavy atom. The van der Waals surface area contributed by atoms with Gasteiger partial charge in [-0.05, 0) is 26.3 Å². The summed E-state index contributed by atoms with van der Waals surface area (Å²) in [6.45, 7) is 1.29. The lowest BCUT2D eigenvalue weighted by molar-refractivity contribution is 0.179. The van der Waals surface area contributed by atoms with Gasteiger partial charge in [-0.25, -0.2) is 0 Å². The fourth-order valence-corrected chi connectivity index (χ4v) is 1.89. The molecule has 2 nitrogen and oxygen atoms in total. The first-order chi connectivity index (χ1) is 4.36. The second-order valence-electron chi connectivity index (χ2n) is 3.23. The van der Waals surface area contributed by atoms with E-state index in [1.165, 1.54) is 25.8 Å². The molecular weight excluding hydrogens is 112 g/mol. The minimum absolute atomic E-state index is 0.712. The zero-order valence-corrected chi connectivity index (χ0v) is 5.93. The molecule has 0 aromatic heterocycles. The molecule has 0 radical (unpaired) electrons. The molecule has 0 aromatic rings. The highest BCUT2D eigenvalue weighted by Gasteiger charge is 2.30. The van der Waals surface area contributed by atoms with Crippen molar-refractivity contribution in [2.75, 3.05) is 13.6 Å². The molecule has 2 aliphatic heterocycles. The van der Waals surface area contributed by atoms with E-state index in [-0.39, 0.29) is 0 Å². The van der Waals surface area contributed by atoms with Crippen LogP contribution in [0.3, 0.4) is 0 Å². The van der Waals surface area contributed by atoms with Crippen molar-refractivity contribution in [1.82, 2.24) is 10.2 Å². The second kappa shape index (κ2) is 1.96. The third-order valence-corrected chi connectivity index (χ3v) is 2.58. The van der Waals surface area contributed by atoms with Gasteiger partial charge in [0.1, 0.15) is 0 Å². The van der Waals surface area contributed by atoms with Crippen LogP contribution in [0.25, 0.3) is 0 Å². The van der Waals surface area contributed by atoms with E-state index in [0.717, 1.165) is 6.04 Å². The van der Waals surface area contributed by atoms with Crippen molar-refractivity contribution in [2.24, 2.45) is 0 Å². The third kappa shape index (κ3) is 0.864. The summed E-state index contributed by atoms with van der Waals surface area (Å²) < 4.78 is 0. The maximum absolute atomic E-state index is 3.57. The van der Waals surface area contributed by atoms with Crippen LogP contribution >= 0.6 is 0 Å². The predicted octanol–water partition coefficient (Wildman–Crippen LogP) is 0.400. The standard InChI is InChI=1S/C7H14N2/c1-9-5-4-6-2-3-7(9)8-6/h6-8H,2-5H2,1H3. The monoisotopic (exact) mass is 126 g/mol. The Morgan fingerprint density at radius 2 is 2.22 bits per heavy atom.